The quantitative estimate of drug-likeness (QED) is 0.355. The van der Waals surface area contributed by atoms with Crippen LogP contribution in [-0.2, 0) is 0 Å². The molecule has 0 saturated carbocycles. The lowest BCUT2D eigenvalue weighted by atomic mass is 9.86. The molecule has 3 atom stereocenters. The van der Waals surface area contributed by atoms with Crippen LogP contribution in [-0.4, -0.2) is 61.0 Å². The van der Waals surface area contributed by atoms with Gasteiger partial charge in [0.25, 0.3) is 5.91 Å². The number of anilines is 3. The van der Waals surface area contributed by atoms with E-state index >= 15 is 0 Å². The van der Waals surface area contributed by atoms with E-state index in [0.717, 1.165) is 32.8 Å². The first-order valence-electron chi connectivity index (χ1n) is 12.3. The molecule has 3 unspecified atom stereocenters. The Bertz CT molecular complexity index is 1490. The third-order valence-corrected chi connectivity index (χ3v) is 8.79. The van der Waals surface area contributed by atoms with Crippen LogP contribution in [0.25, 0.3) is 10.6 Å². The van der Waals surface area contributed by atoms with Crippen molar-refractivity contribution in [2.24, 2.45) is 0 Å². The molecule has 9 nitrogen and oxygen atoms in total. The number of amides is 1. The zero-order valence-corrected chi connectivity index (χ0v) is 22.7. The Morgan fingerprint density at radius 3 is 2.61 bits per heavy atom. The van der Waals surface area contributed by atoms with Crippen LogP contribution in [0.15, 0.2) is 36.0 Å². The van der Waals surface area contributed by atoms with Crippen molar-refractivity contribution in [3.63, 3.8) is 0 Å². The van der Waals surface area contributed by atoms with E-state index in [2.05, 4.69) is 25.3 Å². The van der Waals surface area contributed by atoms with Gasteiger partial charge in [-0.05, 0) is 45.4 Å². The van der Waals surface area contributed by atoms with Crippen molar-refractivity contribution in [2.75, 3.05) is 23.3 Å². The first-order valence-corrected chi connectivity index (χ1v) is 14.0. The number of halogens is 1. The van der Waals surface area contributed by atoms with Crippen LogP contribution in [0, 0.1) is 19.7 Å². The van der Waals surface area contributed by atoms with Crippen molar-refractivity contribution in [2.45, 2.75) is 45.4 Å². The average molecular weight is 552 g/mol. The lowest BCUT2D eigenvalue weighted by Gasteiger charge is -2.56. The van der Waals surface area contributed by atoms with E-state index in [1.54, 1.807) is 36.6 Å². The molecule has 196 valence electrons. The second kappa shape index (κ2) is 9.68. The average Bonchev–Trinajstić information content (AvgIpc) is 3.49. The molecule has 4 aromatic heterocycles. The molecule has 3 saturated heterocycles. The van der Waals surface area contributed by atoms with E-state index in [0.29, 0.717) is 30.0 Å². The van der Waals surface area contributed by atoms with Gasteiger partial charge in [-0.25, -0.2) is 24.3 Å². The summed E-state index contributed by atoms with van der Waals surface area (Å²) >= 11 is 3.11. The van der Waals surface area contributed by atoms with Crippen molar-refractivity contribution < 1.29 is 14.3 Å². The van der Waals surface area contributed by atoms with Gasteiger partial charge in [0.2, 0.25) is 0 Å². The Morgan fingerprint density at radius 2 is 1.97 bits per heavy atom. The van der Waals surface area contributed by atoms with Crippen molar-refractivity contribution in [1.29, 1.82) is 0 Å². The summed E-state index contributed by atoms with van der Waals surface area (Å²) < 4.78 is 14.6. The molecule has 0 aromatic carbocycles. The standard InChI is InChI=1S/C26H26FN7O2S2/c1-13-23(38-15(3)30-13)21-12-37-26(31-21)32-22-5-4-16(8-28-22)25(36)34-18-7-19(34)11-33(10-18)24-20(27)6-17(9-29-24)14(2)35/h4-6,8-9,12,14,18-19,35H,7,10-11H2,1-3H3,(H,28,31,32). The molecular weight excluding hydrogens is 525 g/mol. The summed E-state index contributed by atoms with van der Waals surface area (Å²) in [6, 6.07) is 4.85. The van der Waals surface area contributed by atoms with Gasteiger partial charge in [0, 0.05) is 36.4 Å². The third-order valence-electron chi connectivity index (χ3n) is 6.94. The van der Waals surface area contributed by atoms with Gasteiger partial charge in [-0.15, -0.1) is 22.7 Å². The van der Waals surface area contributed by atoms with Crippen LogP contribution in [0.2, 0.25) is 0 Å². The maximum absolute atomic E-state index is 14.6. The number of thiazole rings is 2. The first kappa shape index (κ1) is 24.8. The fourth-order valence-corrected chi connectivity index (χ4v) is 6.74. The molecule has 3 fully saturated rings. The molecule has 4 aromatic rings. The molecule has 1 amide bonds. The molecule has 38 heavy (non-hydrogen) atoms. The highest BCUT2D eigenvalue weighted by Gasteiger charge is 2.48. The molecule has 7 rings (SSSR count). The topological polar surface area (TPSA) is 107 Å². The SMILES string of the molecule is Cc1nc(C)c(-c2csc(Nc3ccc(C(=O)N4C5CC4CN(c4ncc(C(C)O)cc4F)C5)cn3)n2)s1. The van der Waals surface area contributed by atoms with Gasteiger partial charge < -0.3 is 20.2 Å². The fraction of sp³-hybridized carbons (Fsp3) is 0.346. The van der Waals surface area contributed by atoms with Crippen LogP contribution >= 0.6 is 22.7 Å². The predicted octanol–water partition coefficient (Wildman–Crippen LogP) is 4.71. The van der Waals surface area contributed by atoms with Crippen LogP contribution in [0.3, 0.4) is 0 Å². The summed E-state index contributed by atoms with van der Waals surface area (Å²) in [5, 5.41) is 16.6. The number of carbonyl (C=O) groups is 1. The minimum Gasteiger partial charge on any atom is -0.389 e. The Hall–Kier alpha value is -3.48. The number of aromatic nitrogens is 4. The van der Waals surface area contributed by atoms with E-state index in [-0.39, 0.29) is 23.8 Å². The van der Waals surface area contributed by atoms with Gasteiger partial charge in [0.1, 0.15) is 5.82 Å². The molecule has 2 N–H and O–H groups in total. The van der Waals surface area contributed by atoms with Crippen LogP contribution in [0.4, 0.5) is 21.2 Å². The Balaban J connectivity index is 1.09. The number of pyridine rings is 2. The number of nitrogens with zero attached hydrogens (tertiary/aromatic N) is 6. The number of hydrogen-bond acceptors (Lipinski definition) is 10. The van der Waals surface area contributed by atoms with Gasteiger partial charge in [-0.2, -0.15) is 0 Å². The number of aliphatic hydroxyl groups excluding tert-OH is 1. The molecule has 2 bridgehead atoms. The monoisotopic (exact) mass is 551 g/mol. The third kappa shape index (κ3) is 4.52. The molecule has 3 aliphatic rings. The van der Waals surface area contributed by atoms with E-state index in [1.165, 1.54) is 23.6 Å². The molecule has 0 radical (unpaired) electrons. The lowest BCUT2D eigenvalue weighted by Crippen LogP contribution is -2.70. The Morgan fingerprint density at radius 1 is 1.18 bits per heavy atom. The minimum atomic E-state index is -0.777. The summed E-state index contributed by atoms with van der Waals surface area (Å²) in [7, 11) is 0. The molecule has 12 heteroatoms. The van der Waals surface area contributed by atoms with Crippen LogP contribution in [0.1, 0.15) is 46.1 Å². The van der Waals surface area contributed by atoms with Gasteiger partial charge in [0.15, 0.2) is 16.8 Å². The number of piperidine rings is 1. The summed E-state index contributed by atoms with van der Waals surface area (Å²) in [5.74, 6) is 0.339. The maximum atomic E-state index is 14.6. The van der Waals surface area contributed by atoms with Gasteiger partial charge in [-0.1, -0.05) is 0 Å². The Kier molecular flexibility index (Phi) is 6.33. The highest BCUT2D eigenvalue weighted by Crippen LogP contribution is 2.37. The van der Waals surface area contributed by atoms with E-state index in [4.69, 9.17) is 0 Å². The summed E-state index contributed by atoms with van der Waals surface area (Å²) in [6.07, 6.45) is 3.19. The number of fused-ring (bicyclic) bond motifs is 2. The highest BCUT2D eigenvalue weighted by atomic mass is 32.1. The molecule has 0 aliphatic carbocycles. The summed E-state index contributed by atoms with van der Waals surface area (Å²) in [5.41, 5.74) is 2.82. The summed E-state index contributed by atoms with van der Waals surface area (Å²) in [4.78, 5) is 35.9. The molecule has 7 heterocycles. The number of aryl methyl sites for hydroxylation is 2. The molecule has 3 aliphatic heterocycles. The second-order valence-electron chi connectivity index (χ2n) is 9.65. The van der Waals surface area contributed by atoms with Crippen LogP contribution in [0.5, 0.6) is 0 Å². The maximum Gasteiger partial charge on any atom is 0.256 e. The Labute approximate surface area is 227 Å². The number of carbonyl (C=O) groups excluding carboxylic acids is 1. The number of hydrogen-bond donors (Lipinski definition) is 2. The zero-order chi connectivity index (χ0) is 26.6. The number of aliphatic hydroxyl groups is 1. The molecular formula is C26H26FN7O2S2. The predicted molar refractivity (Wildman–Crippen MR) is 146 cm³/mol. The van der Waals surface area contributed by atoms with Crippen molar-refractivity contribution in [3.05, 3.63) is 63.6 Å². The number of rotatable bonds is 6. The van der Waals surface area contributed by atoms with E-state index in [9.17, 15) is 14.3 Å². The summed E-state index contributed by atoms with van der Waals surface area (Å²) in [6.45, 7) is 6.57. The number of nitrogens with one attached hydrogen (secondary N) is 1. The zero-order valence-electron chi connectivity index (χ0n) is 21.1. The van der Waals surface area contributed by atoms with Gasteiger partial charge >= 0.3 is 0 Å². The second-order valence-corrected chi connectivity index (χ2v) is 11.7. The van der Waals surface area contributed by atoms with Crippen LogP contribution < -0.4 is 10.2 Å². The normalized spacial score (nSPS) is 19.3. The smallest absolute Gasteiger partial charge is 0.256 e. The number of piperazine rings is 1. The highest BCUT2D eigenvalue weighted by molar-refractivity contribution is 7.16. The lowest BCUT2D eigenvalue weighted by molar-refractivity contribution is 0.00559. The van der Waals surface area contributed by atoms with Crippen molar-refractivity contribution in [1.82, 2.24) is 24.8 Å². The van der Waals surface area contributed by atoms with Gasteiger partial charge in [0.05, 0.1) is 45.0 Å². The van der Waals surface area contributed by atoms with Crippen molar-refractivity contribution in [3.8, 4) is 10.6 Å². The fourth-order valence-electron chi connectivity index (χ4n) is 5.08. The largest absolute Gasteiger partial charge is 0.389 e. The van der Waals surface area contributed by atoms with E-state index in [1.807, 2.05) is 29.0 Å². The minimum absolute atomic E-state index is 0.00994. The molecule has 0 spiro atoms. The van der Waals surface area contributed by atoms with Crippen molar-refractivity contribution >= 4 is 45.3 Å². The van der Waals surface area contributed by atoms with E-state index < -0.39 is 11.9 Å². The van der Waals surface area contributed by atoms with Gasteiger partial charge in [-0.3, -0.25) is 4.79 Å². The first-order chi connectivity index (χ1) is 18.3.